The predicted molar refractivity (Wildman–Crippen MR) is 114 cm³/mol. The fourth-order valence-corrected chi connectivity index (χ4v) is 4.10. The molecule has 7 nitrogen and oxygen atoms in total. The first-order valence-electron chi connectivity index (χ1n) is 10.7. The van der Waals surface area contributed by atoms with Gasteiger partial charge in [0.25, 0.3) is 5.91 Å². The summed E-state index contributed by atoms with van der Waals surface area (Å²) in [5, 5.41) is 11.2. The Labute approximate surface area is 189 Å². The molecule has 1 amide bonds. The third kappa shape index (κ3) is 5.15. The number of rotatable bonds is 6. The molecule has 1 aliphatic rings. The molecule has 1 aromatic carbocycles. The van der Waals surface area contributed by atoms with Gasteiger partial charge >= 0.3 is 6.18 Å². The van der Waals surface area contributed by atoms with E-state index in [1.54, 1.807) is 0 Å². The van der Waals surface area contributed by atoms with E-state index >= 15 is 0 Å². The normalized spacial score (nSPS) is 15.0. The summed E-state index contributed by atoms with van der Waals surface area (Å²) in [6.45, 7) is 0.840. The van der Waals surface area contributed by atoms with E-state index in [0.29, 0.717) is 23.7 Å². The van der Waals surface area contributed by atoms with Crippen LogP contribution in [0.3, 0.4) is 0 Å². The lowest BCUT2D eigenvalue weighted by molar-refractivity contribution is -0.143. The molecule has 0 atom stereocenters. The Morgan fingerprint density at radius 2 is 1.82 bits per heavy atom. The first-order chi connectivity index (χ1) is 15.9. The number of alkyl halides is 3. The van der Waals surface area contributed by atoms with Crippen molar-refractivity contribution in [3.05, 3.63) is 65.5 Å². The first kappa shape index (κ1) is 22.8. The Morgan fingerprint density at radius 1 is 1.09 bits per heavy atom. The van der Waals surface area contributed by atoms with E-state index < -0.39 is 23.3 Å². The number of aryl methyl sites for hydroxylation is 1. The van der Waals surface area contributed by atoms with Crippen molar-refractivity contribution < 1.29 is 22.7 Å². The summed E-state index contributed by atoms with van der Waals surface area (Å²) in [6.07, 6.45) is -0.368. The lowest BCUT2D eigenvalue weighted by atomic mass is 9.90. The maximum atomic E-state index is 13.9. The van der Waals surface area contributed by atoms with Crippen LogP contribution >= 0.6 is 0 Å². The van der Waals surface area contributed by atoms with E-state index in [4.69, 9.17) is 4.74 Å². The molecule has 4 rings (SSSR count). The van der Waals surface area contributed by atoms with Crippen LogP contribution in [0.5, 0.6) is 5.88 Å². The van der Waals surface area contributed by atoms with Gasteiger partial charge in [0.05, 0.1) is 18.9 Å². The van der Waals surface area contributed by atoms with Gasteiger partial charge in [-0.2, -0.15) is 18.3 Å². The predicted octanol–water partition coefficient (Wildman–Crippen LogP) is 4.17. The number of carbonyl (C=O) groups is 1. The van der Waals surface area contributed by atoms with Crippen molar-refractivity contribution in [3.63, 3.8) is 0 Å². The van der Waals surface area contributed by atoms with Crippen molar-refractivity contribution in [2.75, 3.05) is 20.2 Å². The standard InChI is InChI=1S/C23H24F3N5O2/c1-33-20-10-9-19(28-29-20)31-21(23(24,25)26)18(15-27-31)22(32)30-13-11-17(12-14-30)8-7-16-5-3-2-4-6-16/h2-6,9-10,15,17H,7-8,11-14H2,1H3. The van der Waals surface area contributed by atoms with Crippen LogP contribution in [0.4, 0.5) is 13.2 Å². The Kier molecular flexibility index (Phi) is 6.62. The van der Waals surface area contributed by atoms with Crippen LogP contribution in [0, 0.1) is 5.92 Å². The van der Waals surface area contributed by atoms with Gasteiger partial charge in [-0.15, -0.1) is 10.2 Å². The highest BCUT2D eigenvalue weighted by Crippen LogP contribution is 2.34. The minimum atomic E-state index is -4.79. The zero-order valence-electron chi connectivity index (χ0n) is 18.1. The fraction of sp³-hybridized carbons (Fsp3) is 0.391. The number of halogens is 3. The van der Waals surface area contributed by atoms with Crippen LogP contribution in [0.1, 0.15) is 40.9 Å². The SMILES string of the molecule is COc1ccc(-n2ncc(C(=O)N3CCC(CCc4ccccc4)CC3)c2C(F)(F)F)nn1. The molecule has 10 heteroatoms. The molecule has 1 saturated heterocycles. The second-order valence-electron chi connectivity index (χ2n) is 8.01. The highest BCUT2D eigenvalue weighted by Gasteiger charge is 2.42. The van der Waals surface area contributed by atoms with Gasteiger partial charge in [-0.3, -0.25) is 4.79 Å². The molecule has 1 fully saturated rings. The largest absolute Gasteiger partial charge is 0.480 e. The molecule has 3 heterocycles. The number of likely N-dealkylation sites (tertiary alicyclic amines) is 1. The van der Waals surface area contributed by atoms with Crippen molar-refractivity contribution in [1.29, 1.82) is 0 Å². The molecule has 0 spiro atoms. The van der Waals surface area contributed by atoms with Crippen molar-refractivity contribution in [1.82, 2.24) is 24.9 Å². The summed E-state index contributed by atoms with van der Waals surface area (Å²) in [6, 6.07) is 12.8. The van der Waals surface area contributed by atoms with Gasteiger partial charge < -0.3 is 9.64 Å². The number of aromatic nitrogens is 4. The molecule has 0 N–H and O–H groups in total. The Morgan fingerprint density at radius 3 is 2.42 bits per heavy atom. The average molecular weight is 459 g/mol. The van der Waals surface area contributed by atoms with Crippen molar-refractivity contribution in [2.45, 2.75) is 31.9 Å². The van der Waals surface area contributed by atoms with Gasteiger partial charge in [0.2, 0.25) is 5.88 Å². The summed E-state index contributed by atoms with van der Waals surface area (Å²) in [5.74, 6) is -0.224. The summed E-state index contributed by atoms with van der Waals surface area (Å²) < 4.78 is 47.3. The molecule has 0 saturated carbocycles. The van der Waals surface area contributed by atoms with Gasteiger partial charge in [-0.1, -0.05) is 30.3 Å². The fourth-order valence-electron chi connectivity index (χ4n) is 4.10. The second kappa shape index (κ2) is 9.60. The molecule has 174 valence electrons. The van der Waals surface area contributed by atoms with Crippen LogP contribution in [0.2, 0.25) is 0 Å². The minimum Gasteiger partial charge on any atom is -0.480 e. The number of hydrogen-bond donors (Lipinski definition) is 0. The van der Waals surface area contributed by atoms with E-state index in [0.717, 1.165) is 31.9 Å². The number of methoxy groups -OCH3 is 1. The number of nitrogens with zero attached hydrogens (tertiary/aromatic N) is 5. The zero-order chi connectivity index (χ0) is 23.4. The van der Waals surface area contributed by atoms with E-state index in [-0.39, 0.29) is 11.7 Å². The van der Waals surface area contributed by atoms with Crippen LogP contribution < -0.4 is 4.74 Å². The highest BCUT2D eigenvalue weighted by molar-refractivity contribution is 5.95. The number of piperidine rings is 1. The maximum Gasteiger partial charge on any atom is 0.434 e. The Hall–Kier alpha value is -3.43. The monoisotopic (exact) mass is 459 g/mol. The van der Waals surface area contributed by atoms with E-state index in [1.807, 2.05) is 18.2 Å². The minimum absolute atomic E-state index is 0.151. The lowest BCUT2D eigenvalue weighted by Gasteiger charge is -2.32. The van der Waals surface area contributed by atoms with E-state index in [9.17, 15) is 18.0 Å². The lowest BCUT2D eigenvalue weighted by Crippen LogP contribution is -2.39. The van der Waals surface area contributed by atoms with E-state index in [1.165, 1.54) is 29.7 Å². The first-order valence-corrected chi connectivity index (χ1v) is 10.7. The third-order valence-electron chi connectivity index (χ3n) is 5.91. The number of ether oxygens (including phenoxy) is 1. The summed E-state index contributed by atoms with van der Waals surface area (Å²) in [7, 11) is 1.38. The van der Waals surface area contributed by atoms with Gasteiger partial charge in [-0.25, -0.2) is 4.68 Å². The topological polar surface area (TPSA) is 73.1 Å². The molecular formula is C23H24F3N5O2. The molecule has 0 bridgehead atoms. The molecule has 1 aliphatic heterocycles. The van der Waals surface area contributed by atoms with Gasteiger partial charge in [0.15, 0.2) is 11.5 Å². The number of hydrogen-bond acceptors (Lipinski definition) is 5. The van der Waals surface area contributed by atoms with Crippen LogP contribution in [0.15, 0.2) is 48.7 Å². The van der Waals surface area contributed by atoms with Crippen LogP contribution in [-0.4, -0.2) is 51.0 Å². The van der Waals surface area contributed by atoms with Gasteiger partial charge in [0, 0.05) is 19.2 Å². The summed E-state index contributed by atoms with van der Waals surface area (Å²) in [4.78, 5) is 14.5. The molecule has 2 aromatic heterocycles. The van der Waals surface area contributed by atoms with E-state index in [2.05, 4.69) is 27.4 Å². The highest BCUT2D eigenvalue weighted by atomic mass is 19.4. The molecule has 3 aromatic rings. The molecule has 0 radical (unpaired) electrons. The maximum absolute atomic E-state index is 13.9. The molecule has 33 heavy (non-hydrogen) atoms. The van der Waals surface area contributed by atoms with Crippen molar-refractivity contribution >= 4 is 5.91 Å². The second-order valence-corrected chi connectivity index (χ2v) is 8.01. The number of carbonyl (C=O) groups excluding carboxylic acids is 1. The Bertz CT molecular complexity index is 1080. The summed E-state index contributed by atoms with van der Waals surface area (Å²) >= 11 is 0. The van der Waals surface area contributed by atoms with Crippen LogP contribution in [-0.2, 0) is 12.6 Å². The van der Waals surface area contributed by atoms with Crippen molar-refractivity contribution in [3.8, 4) is 11.7 Å². The zero-order valence-corrected chi connectivity index (χ0v) is 18.1. The molecule has 0 aliphatic carbocycles. The van der Waals surface area contributed by atoms with Gasteiger partial charge in [-0.05, 0) is 43.2 Å². The van der Waals surface area contributed by atoms with Crippen LogP contribution in [0.25, 0.3) is 5.82 Å². The Balaban J connectivity index is 1.46. The third-order valence-corrected chi connectivity index (χ3v) is 5.91. The summed E-state index contributed by atoms with van der Waals surface area (Å²) in [5.41, 5.74) is -0.374. The number of benzene rings is 1. The van der Waals surface area contributed by atoms with Crippen molar-refractivity contribution in [2.24, 2.45) is 5.92 Å². The average Bonchev–Trinajstić information content (AvgIpc) is 3.29. The molecular weight excluding hydrogens is 435 g/mol. The number of amides is 1. The quantitative estimate of drug-likeness (QED) is 0.553. The van der Waals surface area contributed by atoms with Gasteiger partial charge in [0.1, 0.15) is 0 Å². The smallest absolute Gasteiger partial charge is 0.434 e. The molecule has 0 unspecified atom stereocenters.